The third-order valence-electron chi connectivity index (χ3n) is 0.507. The summed E-state index contributed by atoms with van der Waals surface area (Å²) in [6, 6.07) is 0. The van der Waals surface area contributed by atoms with Crippen LogP contribution >= 0.6 is 23.4 Å². The van der Waals surface area contributed by atoms with Crippen LogP contribution in [0.4, 0.5) is 0 Å². The third-order valence-corrected chi connectivity index (χ3v) is 1.52. The number of thioether (sulfide) groups is 1. The Bertz CT molecular complexity index is 52.0. The van der Waals surface area contributed by atoms with Crippen LogP contribution in [0.3, 0.4) is 0 Å². The molecule has 42 valence electrons. The molecule has 0 fully saturated rings. The first-order chi connectivity index (χ1) is 3.41. The van der Waals surface area contributed by atoms with E-state index in [-0.39, 0.29) is 0 Å². The molecule has 0 aromatic rings. The second kappa shape index (κ2) is 6.38. The predicted octanol–water partition coefficient (Wildman–Crippen LogP) is 2.49. The first-order valence-electron chi connectivity index (χ1n) is 2.24. The number of hydrogen-bond donors (Lipinski definition) is 0. The van der Waals surface area contributed by atoms with Gasteiger partial charge in [0.1, 0.15) is 0 Å². The van der Waals surface area contributed by atoms with E-state index in [9.17, 15) is 0 Å². The molecule has 0 amide bonds. The second-order valence-electron chi connectivity index (χ2n) is 1.02. The van der Waals surface area contributed by atoms with Gasteiger partial charge in [0.15, 0.2) is 0 Å². The normalized spacial score (nSPS) is 10.6. The van der Waals surface area contributed by atoms with Gasteiger partial charge in [-0.15, -0.1) is 0 Å². The van der Waals surface area contributed by atoms with Gasteiger partial charge in [0.2, 0.25) is 0 Å². The Hall–Kier alpha value is 0.380. The maximum atomic E-state index is 5.24. The molecule has 7 heavy (non-hydrogen) atoms. The van der Waals surface area contributed by atoms with Gasteiger partial charge in [-0.05, 0) is 5.75 Å². The summed E-state index contributed by atoms with van der Waals surface area (Å²) in [5, 5.41) is 0. The van der Waals surface area contributed by atoms with Gasteiger partial charge in [-0.3, -0.25) is 0 Å². The molecule has 0 aliphatic heterocycles. The van der Waals surface area contributed by atoms with Crippen molar-refractivity contribution in [2.45, 2.75) is 6.92 Å². The molecular formula is C5H9ClS. The lowest BCUT2D eigenvalue weighted by molar-refractivity contribution is 1.52. The highest BCUT2D eigenvalue weighted by atomic mass is 35.5. The molecule has 0 saturated carbocycles. The van der Waals surface area contributed by atoms with E-state index < -0.39 is 0 Å². The van der Waals surface area contributed by atoms with Gasteiger partial charge in [-0.25, -0.2) is 0 Å². The van der Waals surface area contributed by atoms with E-state index in [0.717, 1.165) is 5.75 Å². The topological polar surface area (TPSA) is 0 Å². The molecule has 0 unspecified atom stereocenters. The first-order valence-corrected chi connectivity index (χ1v) is 3.84. The van der Waals surface area contributed by atoms with Crippen molar-refractivity contribution in [1.29, 1.82) is 0 Å². The Balaban J connectivity index is 2.69. The van der Waals surface area contributed by atoms with Crippen molar-refractivity contribution in [2.75, 3.05) is 11.5 Å². The zero-order chi connectivity index (χ0) is 5.54. The Morgan fingerprint density at radius 3 is 2.86 bits per heavy atom. The highest BCUT2D eigenvalue weighted by molar-refractivity contribution is 7.99. The van der Waals surface area contributed by atoms with Crippen molar-refractivity contribution in [1.82, 2.24) is 0 Å². The van der Waals surface area contributed by atoms with Crippen LogP contribution in [0.5, 0.6) is 0 Å². The van der Waals surface area contributed by atoms with E-state index >= 15 is 0 Å². The summed E-state index contributed by atoms with van der Waals surface area (Å²) >= 11 is 7.10. The summed E-state index contributed by atoms with van der Waals surface area (Å²) in [5.74, 6) is 2.21. The van der Waals surface area contributed by atoms with Crippen LogP contribution < -0.4 is 0 Å². The highest BCUT2D eigenvalue weighted by Crippen LogP contribution is 1.97. The Morgan fingerprint density at radius 2 is 2.43 bits per heavy atom. The monoisotopic (exact) mass is 136 g/mol. The molecule has 0 spiro atoms. The van der Waals surface area contributed by atoms with Crippen molar-refractivity contribution < 1.29 is 0 Å². The summed E-state index contributed by atoms with van der Waals surface area (Å²) < 4.78 is 0. The van der Waals surface area contributed by atoms with Gasteiger partial charge in [-0.2, -0.15) is 11.8 Å². The Labute approximate surface area is 53.9 Å². The lowest BCUT2D eigenvalue weighted by atomic mass is 10.8. The minimum Gasteiger partial charge on any atom is -0.158 e. The van der Waals surface area contributed by atoms with Crippen LogP contribution in [0.2, 0.25) is 0 Å². The third kappa shape index (κ3) is 6.38. The average Bonchev–Trinajstić information content (AvgIpc) is 1.69. The van der Waals surface area contributed by atoms with E-state index in [2.05, 4.69) is 6.92 Å². The van der Waals surface area contributed by atoms with Crippen molar-refractivity contribution in [3.05, 3.63) is 11.6 Å². The van der Waals surface area contributed by atoms with Crippen LogP contribution in [0.1, 0.15) is 6.92 Å². The second-order valence-corrected chi connectivity index (χ2v) is 2.59. The molecule has 0 rings (SSSR count). The molecule has 0 bridgehead atoms. The van der Waals surface area contributed by atoms with Crippen molar-refractivity contribution in [3.8, 4) is 0 Å². The van der Waals surface area contributed by atoms with Gasteiger partial charge in [0.25, 0.3) is 0 Å². The van der Waals surface area contributed by atoms with Gasteiger partial charge in [-0.1, -0.05) is 24.6 Å². The standard InChI is InChI=1S/C5H9ClS/c1-2-7-5-3-4-6/h3-4H,2,5H2,1H3/b4-3+. The summed E-state index contributed by atoms with van der Waals surface area (Å²) in [4.78, 5) is 0. The molecule has 0 radical (unpaired) electrons. The van der Waals surface area contributed by atoms with Gasteiger partial charge < -0.3 is 0 Å². The van der Waals surface area contributed by atoms with E-state index in [4.69, 9.17) is 11.6 Å². The van der Waals surface area contributed by atoms with Crippen LogP contribution in [-0.2, 0) is 0 Å². The molecule has 0 aliphatic carbocycles. The van der Waals surface area contributed by atoms with Gasteiger partial charge >= 0.3 is 0 Å². The van der Waals surface area contributed by atoms with Crippen LogP contribution in [0, 0.1) is 0 Å². The summed E-state index contributed by atoms with van der Waals surface area (Å²) in [5.41, 5.74) is 1.56. The maximum Gasteiger partial charge on any atom is 0.0124 e. The van der Waals surface area contributed by atoms with Crippen LogP contribution in [-0.4, -0.2) is 11.5 Å². The van der Waals surface area contributed by atoms with E-state index in [0.29, 0.717) is 0 Å². The molecule has 0 nitrogen and oxygen atoms in total. The number of hydrogen-bond acceptors (Lipinski definition) is 1. The highest BCUT2D eigenvalue weighted by Gasteiger charge is 1.73. The molecule has 2 heteroatoms. The Morgan fingerprint density at radius 1 is 1.71 bits per heavy atom. The zero-order valence-corrected chi connectivity index (χ0v) is 5.93. The van der Waals surface area contributed by atoms with Gasteiger partial charge in [0.05, 0.1) is 0 Å². The fraction of sp³-hybridized carbons (Fsp3) is 0.600. The number of rotatable bonds is 3. The molecule has 0 aromatic heterocycles. The smallest absolute Gasteiger partial charge is 0.0124 e. The van der Waals surface area contributed by atoms with Crippen LogP contribution in [0.15, 0.2) is 11.6 Å². The van der Waals surface area contributed by atoms with Crippen molar-refractivity contribution in [2.24, 2.45) is 0 Å². The molecule has 0 atom stereocenters. The summed E-state index contributed by atoms with van der Waals surface area (Å²) in [6.07, 6.45) is 1.94. The van der Waals surface area contributed by atoms with Crippen molar-refractivity contribution in [3.63, 3.8) is 0 Å². The maximum absolute atomic E-state index is 5.24. The molecule has 0 heterocycles. The van der Waals surface area contributed by atoms with E-state index in [1.807, 2.05) is 17.8 Å². The van der Waals surface area contributed by atoms with Crippen molar-refractivity contribution >= 4 is 23.4 Å². The van der Waals surface area contributed by atoms with Gasteiger partial charge in [0, 0.05) is 11.3 Å². The van der Waals surface area contributed by atoms with E-state index in [1.54, 1.807) is 5.54 Å². The van der Waals surface area contributed by atoms with E-state index in [1.165, 1.54) is 5.75 Å². The molecular weight excluding hydrogens is 128 g/mol. The fourth-order valence-electron chi connectivity index (χ4n) is 0.222. The lowest BCUT2D eigenvalue weighted by Gasteiger charge is -1.84. The molecule has 0 saturated heterocycles. The average molecular weight is 137 g/mol. The molecule has 0 aliphatic rings. The SMILES string of the molecule is CCSC/C=C/Cl. The fourth-order valence-corrected chi connectivity index (χ4v) is 0.885. The largest absolute Gasteiger partial charge is 0.158 e. The zero-order valence-electron chi connectivity index (χ0n) is 4.36. The molecule has 0 aromatic carbocycles. The minimum atomic E-state index is 1.04. The minimum absolute atomic E-state index is 1.04. The van der Waals surface area contributed by atoms with Crippen LogP contribution in [0.25, 0.3) is 0 Å². The lowest BCUT2D eigenvalue weighted by Crippen LogP contribution is -1.68. The predicted molar refractivity (Wildman–Crippen MR) is 38.0 cm³/mol. The Kier molecular flexibility index (Phi) is 6.73. The first kappa shape index (κ1) is 7.38. The quantitative estimate of drug-likeness (QED) is 0.538. The summed E-state index contributed by atoms with van der Waals surface area (Å²) in [7, 11) is 0. The molecule has 0 N–H and O–H groups in total. The summed E-state index contributed by atoms with van der Waals surface area (Å²) in [6.45, 7) is 2.13. The number of halogens is 1.